The van der Waals surface area contributed by atoms with Crippen LogP contribution in [0.15, 0.2) is 24.3 Å². The Morgan fingerprint density at radius 3 is 2.62 bits per heavy atom. The Kier molecular flexibility index (Phi) is 4.32. The van der Waals surface area contributed by atoms with E-state index in [1.165, 1.54) is 7.05 Å². The van der Waals surface area contributed by atoms with Gasteiger partial charge in [0.15, 0.2) is 6.61 Å². The number of nitrogens with one attached hydrogen (secondary N) is 2. The van der Waals surface area contributed by atoms with Crippen molar-refractivity contribution in [3.05, 3.63) is 29.8 Å². The van der Waals surface area contributed by atoms with Crippen molar-refractivity contribution in [3.8, 4) is 5.75 Å². The first-order valence-electron chi connectivity index (χ1n) is 4.83. The van der Waals surface area contributed by atoms with Gasteiger partial charge in [0.2, 0.25) is 0 Å². The van der Waals surface area contributed by atoms with Crippen LogP contribution in [0.2, 0.25) is 0 Å². The summed E-state index contributed by atoms with van der Waals surface area (Å²) in [7, 11) is 1.44. The number of hydrogen-bond donors (Lipinski definition) is 2. The van der Waals surface area contributed by atoms with Crippen molar-refractivity contribution < 1.29 is 14.3 Å². The quantitative estimate of drug-likeness (QED) is 0.796. The molecule has 0 unspecified atom stereocenters. The summed E-state index contributed by atoms with van der Waals surface area (Å²) in [6.07, 6.45) is 0. The minimum absolute atomic E-state index is 0.182. The van der Waals surface area contributed by atoms with Crippen molar-refractivity contribution in [1.82, 2.24) is 10.6 Å². The van der Waals surface area contributed by atoms with Crippen molar-refractivity contribution in [2.24, 2.45) is 0 Å². The molecule has 5 nitrogen and oxygen atoms in total. The Bertz CT molecular complexity index is 391. The van der Waals surface area contributed by atoms with E-state index in [2.05, 4.69) is 10.6 Å². The zero-order chi connectivity index (χ0) is 12.0. The van der Waals surface area contributed by atoms with Gasteiger partial charge in [0.1, 0.15) is 5.75 Å². The van der Waals surface area contributed by atoms with E-state index in [-0.39, 0.29) is 6.61 Å². The summed E-state index contributed by atoms with van der Waals surface area (Å²) in [4.78, 5) is 22.0. The fourth-order valence-electron chi connectivity index (χ4n) is 1.09. The van der Waals surface area contributed by atoms with Gasteiger partial charge in [-0.15, -0.1) is 0 Å². The van der Waals surface area contributed by atoms with Gasteiger partial charge in [-0.1, -0.05) is 18.2 Å². The molecular weight excluding hydrogens is 208 g/mol. The normalized spacial score (nSPS) is 9.38. The molecule has 0 aromatic heterocycles. The van der Waals surface area contributed by atoms with Crippen LogP contribution in [0.4, 0.5) is 4.79 Å². The monoisotopic (exact) mass is 222 g/mol. The first-order valence-corrected chi connectivity index (χ1v) is 4.83. The van der Waals surface area contributed by atoms with Crippen LogP contribution in [0.5, 0.6) is 5.75 Å². The van der Waals surface area contributed by atoms with Gasteiger partial charge in [0, 0.05) is 7.05 Å². The topological polar surface area (TPSA) is 67.4 Å². The molecule has 1 rings (SSSR count). The molecule has 1 aromatic rings. The number of rotatable bonds is 3. The minimum atomic E-state index is -0.543. The van der Waals surface area contributed by atoms with Gasteiger partial charge in [-0.05, 0) is 18.6 Å². The summed E-state index contributed by atoms with van der Waals surface area (Å²) in [6, 6.07) is 6.80. The van der Waals surface area contributed by atoms with Gasteiger partial charge in [-0.2, -0.15) is 0 Å². The maximum absolute atomic E-state index is 11.2. The number of hydrogen-bond acceptors (Lipinski definition) is 3. The smallest absolute Gasteiger partial charge is 0.321 e. The molecule has 5 heteroatoms. The minimum Gasteiger partial charge on any atom is -0.483 e. The highest BCUT2D eigenvalue weighted by Crippen LogP contribution is 2.15. The molecule has 0 saturated heterocycles. The van der Waals surface area contributed by atoms with Crippen LogP contribution < -0.4 is 15.4 Å². The standard InChI is InChI=1S/C11H14N2O3/c1-8-5-3-4-6-9(8)16-7-10(14)13-11(15)12-2/h3-6H,7H2,1-2H3,(H2,12,13,14,15). The highest BCUT2D eigenvalue weighted by molar-refractivity contribution is 5.94. The second-order valence-corrected chi connectivity index (χ2v) is 3.18. The van der Waals surface area contributed by atoms with E-state index in [1.54, 1.807) is 6.07 Å². The van der Waals surface area contributed by atoms with Gasteiger partial charge in [0.05, 0.1) is 0 Å². The molecule has 0 aliphatic rings. The molecule has 86 valence electrons. The average molecular weight is 222 g/mol. The molecule has 0 aliphatic carbocycles. The molecule has 2 N–H and O–H groups in total. The lowest BCUT2D eigenvalue weighted by molar-refractivity contribution is -0.122. The Labute approximate surface area is 93.8 Å². The number of para-hydroxylation sites is 1. The van der Waals surface area contributed by atoms with Crippen molar-refractivity contribution in [3.63, 3.8) is 0 Å². The summed E-state index contributed by atoms with van der Waals surface area (Å²) in [5.74, 6) is 0.150. The van der Waals surface area contributed by atoms with E-state index in [4.69, 9.17) is 4.74 Å². The third kappa shape index (κ3) is 3.61. The summed E-state index contributed by atoms with van der Waals surface area (Å²) in [5.41, 5.74) is 0.940. The molecule has 1 aromatic carbocycles. The van der Waals surface area contributed by atoms with Crippen LogP contribution in [-0.4, -0.2) is 25.6 Å². The van der Waals surface area contributed by atoms with Gasteiger partial charge < -0.3 is 10.1 Å². The zero-order valence-corrected chi connectivity index (χ0v) is 9.24. The van der Waals surface area contributed by atoms with E-state index in [1.807, 2.05) is 25.1 Å². The van der Waals surface area contributed by atoms with Gasteiger partial charge in [-0.25, -0.2) is 4.79 Å². The second-order valence-electron chi connectivity index (χ2n) is 3.18. The van der Waals surface area contributed by atoms with Gasteiger partial charge in [0.25, 0.3) is 5.91 Å². The highest BCUT2D eigenvalue weighted by atomic mass is 16.5. The molecule has 0 heterocycles. The molecule has 0 spiro atoms. The summed E-state index contributed by atoms with van der Waals surface area (Å²) in [5, 5.41) is 4.38. The predicted octanol–water partition coefficient (Wildman–Crippen LogP) is 0.829. The summed E-state index contributed by atoms with van der Waals surface area (Å²) in [6.45, 7) is 1.70. The van der Waals surface area contributed by atoms with E-state index in [0.29, 0.717) is 5.75 Å². The molecule has 0 bridgehead atoms. The molecule has 0 aliphatic heterocycles. The number of carbonyl (C=O) groups excluding carboxylic acids is 2. The zero-order valence-electron chi connectivity index (χ0n) is 9.24. The van der Waals surface area contributed by atoms with Crippen molar-refractivity contribution >= 4 is 11.9 Å². The first kappa shape index (κ1) is 12.0. The van der Waals surface area contributed by atoms with Crippen LogP contribution >= 0.6 is 0 Å². The lowest BCUT2D eigenvalue weighted by atomic mass is 10.2. The predicted molar refractivity (Wildman–Crippen MR) is 59.3 cm³/mol. The number of imide groups is 1. The fourth-order valence-corrected chi connectivity index (χ4v) is 1.09. The fraction of sp³-hybridized carbons (Fsp3) is 0.273. The third-order valence-electron chi connectivity index (χ3n) is 1.93. The molecule has 0 radical (unpaired) electrons. The third-order valence-corrected chi connectivity index (χ3v) is 1.93. The van der Waals surface area contributed by atoms with E-state index < -0.39 is 11.9 Å². The first-order chi connectivity index (χ1) is 7.63. The summed E-state index contributed by atoms with van der Waals surface area (Å²) >= 11 is 0. The number of amides is 3. The van der Waals surface area contributed by atoms with Gasteiger partial charge >= 0.3 is 6.03 Å². The van der Waals surface area contributed by atoms with E-state index in [9.17, 15) is 9.59 Å². The molecule has 0 fully saturated rings. The van der Waals surface area contributed by atoms with E-state index in [0.717, 1.165) is 5.56 Å². The second kappa shape index (κ2) is 5.75. The van der Waals surface area contributed by atoms with Crippen molar-refractivity contribution in [1.29, 1.82) is 0 Å². The summed E-state index contributed by atoms with van der Waals surface area (Å²) < 4.78 is 5.25. The van der Waals surface area contributed by atoms with E-state index >= 15 is 0 Å². The molecule has 16 heavy (non-hydrogen) atoms. The molecular formula is C11H14N2O3. The lowest BCUT2D eigenvalue weighted by Crippen LogP contribution is -2.39. The Morgan fingerprint density at radius 2 is 2.00 bits per heavy atom. The van der Waals surface area contributed by atoms with Crippen LogP contribution in [0.3, 0.4) is 0 Å². The largest absolute Gasteiger partial charge is 0.483 e. The molecule has 0 atom stereocenters. The van der Waals surface area contributed by atoms with Crippen LogP contribution in [0.25, 0.3) is 0 Å². The van der Waals surface area contributed by atoms with Crippen molar-refractivity contribution in [2.45, 2.75) is 6.92 Å². The SMILES string of the molecule is CNC(=O)NC(=O)COc1ccccc1C. The lowest BCUT2D eigenvalue weighted by Gasteiger charge is -2.08. The van der Waals surface area contributed by atoms with Crippen LogP contribution in [-0.2, 0) is 4.79 Å². The number of urea groups is 1. The number of benzene rings is 1. The number of carbonyl (C=O) groups is 2. The maximum Gasteiger partial charge on any atom is 0.321 e. The Morgan fingerprint density at radius 1 is 1.31 bits per heavy atom. The highest BCUT2D eigenvalue weighted by Gasteiger charge is 2.07. The number of aryl methyl sites for hydroxylation is 1. The maximum atomic E-state index is 11.2. The van der Waals surface area contributed by atoms with Crippen molar-refractivity contribution in [2.75, 3.05) is 13.7 Å². The Balaban J connectivity index is 2.43. The number of ether oxygens (including phenoxy) is 1. The Hall–Kier alpha value is -2.04. The molecule has 0 saturated carbocycles. The average Bonchev–Trinajstić information content (AvgIpc) is 2.28. The van der Waals surface area contributed by atoms with Crippen LogP contribution in [0, 0.1) is 6.92 Å². The molecule has 3 amide bonds. The van der Waals surface area contributed by atoms with Crippen LogP contribution in [0.1, 0.15) is 5.56 Å². The van der Waals surface area contributed by atoms with Gasteiger partial charge in [-0.3, -0.25) is 10.1 Å².